The topological polar surface area (TPSA) is 105 Å². The Morgan fingerprint density at radius 2 is 1.74 bits per heavy atom. The maximum absolute atomic E-state index is 12.6. The van der Waals surface area contributed by atoms with Gasteiger partial charge in [0.15, 0.2) is 0 Å². The molecule has 0 spiro atoms. The van der Waals surface area contributed by atoms with Gasteiger partial charge in [-0.1, -0.05) is 29.8 Å². The highest BCUT2D eigenvalue weighted by Crippen LogP contribution is 2.23. The summed E-state index contributed by atoms with van der Waals surface area (Å²) in [5, 5.41) is 8.50. The number of amides is 1. The molecule has 142 valence electrons. The van der Waals surface area contributed by atoms with Gasteiger partial charge in [0.2, 0.25) is 0 Å². The van der Waals surface area contributed by atoms with E-state index in [0.29, 0.717) is 22.6 Å². The predicted octanol–water partition coefficient (Wildman–Crippen LogP) is 2.96. The zero-order chi connectivity index (χ0) is 19.9. The van der Waals surface area contributed by atoms with Crippen LogP contribution in [0.5, 0.6) is 5.75 Å². The molecule has 0 fully saturated rings. The maximum Gasteiger partial charge on any atom is 0.267 e. The van der Waals surface area contributed by atoms with Crippen LogP contribution >= 0.6 is 0 Å². The van der Waals surface area contributed by atoms with E-state index in [2.05, 4.69) is 4.72 Å². The molecule has 0 radical (unpaired) electrons. The number of hydrogen-bond donors (Lipinski definition) is 3. The van der Waals surface area contributed by atoms with Crippen molar-refractivity contribution in [2.75, 3.05) is 11.8 Å². The summed E-state index contributed by atoms with van der Waals surface area (Å²) in [5.41, 5.74) is 3.21. The fourth-order valence-electron chi connectivity index (χ4n) is 2.21. The Balaban J connectivity index is 2.29. The number of para-hydroxylation sites is 1. The summed E-state index contributed by atoms with van der Waals surface area (Å²) in [6.07, 6.45) is 4.38. The van der Waals surface area contributed by atoms with Gasteiger partial charge in [-0.25, -0.2) is 13.9 Å². The Hall–Kier alpha value is -3.10. The fourth-order valence-corrected chi connectivity index (χ4v) is 3.30. The maximum atomic E-state index is 12.6. The van der Waals surface area contributed by atoms with Crippen molar-refractivity contribution < 1.29 is 23.2 Å². The third kappa shape index (κ3) is 5.70. The smallest absolute Gasteiger partial charge is 0.267 e. The number of ether oxygens (including phenoxy) is 1. The molecule has 8 heteroatoms. The van der Waals surface area contributed by atoms with E-state index in [1.807, 2.05) is 0 Å². The molecule has 2 aromatic carbocycles. The molecular formula is C19H20N2O5S. The van der Waals surface area contributed by atoms with Crippen LogP contribution in [-0.4, -0.2) is 26.6 Å². The van der Waals surface area contributed by atoms with Crippen molar-refractivity contribution >= 4 is 27.7 Å². The Kier molecular flexibility index (Phi) is 6.75. The first-order valence-corrected chi connectivity index (χ1v) is 9.40. The lowest BCUT2D eigenvalue weighted by Crippen LogP contribution is -2.14. The molecule has 0 unspecified atom stereocenters. The Bertz CT molecular complexity index is 964. The highest BCUT2D eigenvalue weighted by Gasteiger charge is 2.15. The number of hydroxylamine groups is 1. The van der Waals surface area contributed by atoms with Crippen molar-refractivity contribution in [3.05, 3.63) is 71.8 Å². The molecule has 0 saturated heterocycles. The Morgan fingerprint density at radius 1 is 1.07 bits per heavy atom. The number of rotatable bonds is 7. The van der Waals surface area contributed by atoms with E-state index in [0.717, 1.165) is 6.08 Å². The molecule has 0 aliphatic carbocycles. The molecule has 0 heterocycles. The number of methoxy groups -OCH3 is 1. The average Bonchev–Trinajstić information content (AvgIpc) is 2.67. The summed E-state index contributed by atoms with van der Waals surface area (Å²) in [6.45, 7) is 1.75. The lowest BCUT2D eigenvalue weighted by molar-refractivity contribution is -0.124. The molecule has 27 heavy (non-hydrogen) atoms. The number of carbonyl (C=O) groups excluding carboxylic acids is 1. The third-order valence-electron chi connectivity index (χ3n) is 3.57. The molecule has 7 nitrogen and oxygen atoms in total. The van der Waals surface area contributed by atoms with Crippen molar-refractivity contribution in [2.45, 2.75) is 11.8 Å². The second-order valence-corrected chi connectivity index (χ2v) is 7.25. The third-order valence-corrected chi connectivity index (χ3v) is 4.95. The van der Waals surface area contributed by atoms with Crippen molar-refractivity contribution in [3.63, 3.8) is 0 Å². The summed E-state index contributed by atoms with van der Waals surface area (Å²) >= 11 is 0. The van der Waals surface area contributed by atoms with Crippen LogP contribution in [0.4, 0.5) is 5.69 Å². The number of hydrogen-bond acceptors (Lipinski definition) is 5. The predicted molar refractivity (Wildman–Crippen MR) is 103 cm³/mol. The number of benzene rings is 2. The normalized spacial score (nSPS) is 12.0. The minimum Gasteiger partial charge on any atom is -0.497 e. The zero-order valence-electron chi connectivity index (χ0n) is 14.8. The van der Waals surface area contributed by atoms with E-state index >= 15 is 0 Å². The lowest BCUT2D eigenvalue weighted by atomic mass is 10.1. The van der Waals surface area contributed by atoms with E-state index in [9.17, 15) is 13.2 Å². The van der Waals surface area contributed by atoms with E-state index in [4.69, 9.17) is 9.94 Å². The molecule has 1 amide bonds. The highest BCUT2D eigenvalue weighted by molar-refractivity contribution is 7.92. The Labute approximate surface area is 158 Å². The average molecular weight is 388 g/mol. The quantitative estimate of drug-likeness (QED) is 0.293. The van der Waals surface area contributed by atoms with Crippen LogP contribution in [0.2, 0.25) is 0 Å². The molecule has 0 aromatic heterocycles. The molecule has 2 rings (SSSR count). The summed E-state index contributed by atoms with van der Waals surface area (Å²) in [7, 11) is -2.27. The van der Waals surface area contributed by atoms with E-state index < -0.39 is 15.9 Å². The first-order chi connectivity index (χ1) is 12.9. The highest BCUT2D eigenvalue weighted by atomic mass is 32.2. The van der Waals surface area contributed by atoms with Gasteiger partial charge in [-0.05, 0) is 48.9 Å². The molecule has 2 aromatic rings. The fraction of sp³-hybridized carbons (Fsp3) is 0.105. The van der Waals surface area contributed by atoms with Gasteiger partial charge in [0, 0.05) is 6.08 Å². The van der Waals surface area contributed by atoms with Crippen LogP contribution in [0.3, 0.4) is 0 Å². The second kappa shape index (κ2) is 9.02. The lowest BCUT2D eigenvalue weighted by Gasteiger charge is -2.11. The minimum atomic E-state index is -3.78. The van der Waals surface area contributed by atoms with Gasteiger partial charge in [-0.2, -0.15) is 0 Å². The number of allylic oxidation sites excluding steroid dienone is 2. The van der Waals surface area contributed by atoms with Crippen molar-refractivity contribution in [3.8, 4) is 5.75 Å². The number of carbonyl (C=O) groups is 1. The van der Waals surface area contributed by atoms with Crippen LogP contribution < -0.4 is 14.9 Å². The standard InChI is InChI=1S/C19H20N2O5S/c1-14(7-12-19(22)20-23)13-15-5-3-4-6-18(15)21-27(24,25)17-10-8-16(26-2)9-11-17/h3-13,21,23H,1-2H3,(H,20,22)/b12-7+,14-13+. The summed E-state index contributed by atoms with van der Waals surface area (Å²) < 4.78 is 32.9. The van der Waals surface area contributed by atoms with Gasteiger partial charge in [-0.15, -0.1) is 0 Å². The second-order valence-electron chi connectivity index (χ2n) is 5.57. The van der Waals surface area contributed by atoms with Crippen LogP contribution in [0.25, 0.3) is 6.08 Å². The SMILES string of the molecule is COc1ccc(S(=O)(=O)Nc2ccccc2/C=C(C)/C=C/C(=O)NO)cc1. The molecular weight excluding hydrogens is 368 g/mol. The van der Waals surface area contributed by atoms with Crippen molar-refractivity contribution in [2.24, 2.45) is 0 Å². The zero-order valence-corrected chi connectivity index (χ0v) is 15.7. The van der Waals surface area contributed by atoms with Gasteiger partial charge in [0.05, 0.1) is 17.7 Å². The monoisotopic (exact) mass is 388 g/mol. The first-order valence-electron chi connectivity index (χ1n) is 7.92. The minimum absolute atomic E-state index is 0.110. The van der Waals surface area contributed by atoms with E-state index in [1.54, 1.807) is 49.4 Å². The first kappa shape index (κ1) is 20.2. The molecule has 0 bridgehead atoms. The van der Waals surface area contributed by atoms with Gasteiger partial charge in [-0.3, -0.25) is 14.7 Å². The van der Waals surface area contributed by atoms with Crippen LogP contribution in [0.15, 0.2) is 71.2 Å². The van der Waals surface area contributed by atoms with Crippen molar-refractivity contribution in [1.29, 1.82) is 0 Å². The van der Waals surface area contributed by atoms with E-state index in [-0.39, 0.29) is 4.90 Å². The largest absolute Gasteiger partial charge is 0.497 e. The molecule has 0 aliphatic rings. The molecule has 0 atom stereocenters. The van der Waals surface area contributed by atoms with Crippen LogP contribution in [0.1, 0.15) is 12.5 Å². The van der Waals surface area contributed by atoms with Gasteiger partial charge >= 0.3 is 0 Å². The number of anilines is 1. The molecule has 0 aliphatic heterocycles. The van der Waals surface area contributed by atoms with Crippen molar-refractivity contribution in [1.82, 2.24) is 5.48 Å². The summed E-state index contributed by atoms with van der Waals surface area (Å²) in [6, 6.07) is 12.9. The summed E-state index contributed by atoms with van der Waals surface area (Å²) in [5.74, 6) is -0.0946. The van der Waals surface area contributed by atoms with Crippen LogP contribution in [0, 0.1) is 0 Å². The molecule has 3 N–H and O–H groups in total. The molecule has 0 saturated carbocycles. The summed E-state index contributed by atoms with van der Waals surface area (Å²) in [4.78, 5) is 11.2. The Morgan fingerprint density at radius 3 is 2.37 bits per heavy atom. The van der Waals surface area contributed by atoms with E-state index in [1.165, 1.54) is 30.8 Å². The van der Waals surface area contributed by atoms with Crippen LogP contribution in [-0.2, 0) is 14.8 Å². The van der Waals surface area contributed by atoms with Gasteiger partial charge < -0.3 is 4.74 Å². The number of sulfonamides is 1. The van der Waals surface area contributed by atoms with Gasteiger partial charge in [0.25, 0.3) is 15.9 Å². The van der Waals surface area contributed by atoms with Gasteiger partial charge in [0.1, 0.15) is 5.75 Å². The number of nitrogens with one attached hydrogen (secondary N) is 2.